The highest BCUT2D eigenvalue weighted by molar-refractivity contribution is 5.53. The molecular weight excluding hydrogens is 233 g/mol. The molecular formula is C8H4F5N3. The molecule has 0 saturated carbocycles. The fraction of sp³-hybridized carbons (Fsp3) is 0.250. The number of nitrogen functional groups attached to an aromatic ring is 1. The second-order valence-electron chi connectivity index (χ2n) is 2.76. The van der Waals surface area contributed by atoms with Crippen molar-refractivity contribution in [3.8, 4) is 6.07 Å². The van der Waals surface area contributed by atoms with Crippen LogP contribution >= 0.6 is 0 Å². The first-order valence-electron chi connectivity index (χ1n) is 3.82. The van der Waals surface area contributed by atoms with Crippen molar-refractivity contribution in [2.45, 2.75) is 12.6 Å². The summed E-state index contributed by atoms with van der Waals surface area (Å²) in [6.45, 7) is 0. The maximum Gasteiger partial charge on any atom is 0.418 e. The Morgan fingerprint density at radius 1 is 1.38 bits per heavy atom. The van der Waals surface area contributed by atoms with Gasteiger partial charge in [-0.15, -0.1) is 0 Å². The SMILES string of the molecule is N#Cc1cnc(N)c(C(F)F)c1C(F)(F)F. The zero-order valence-corrected chi connectivity index (χ0v) is 7.52. The van der Waals surface area contributed by atoms with E-state index in [1.165, 1.54) is 0 Å². The van der Waals surface area contributed by atoms with Gasteiger partial charge in [0.15, 0.2) is 0 Å². The number of hydrogen-bond donors (Lipinski definition) is 1. The molecule has 0 amide bonds. The number of nitriles is 1. The van der Waals surface area contributed by atoms with Crippen LogP contribution in [0.2, 0.25) is 0 Å². The van der Waals surface area contributed by atoms with Crippen molar-refractivity contribution in [2.24, 2.45) is 0 Å². The van der Waals surface area contributed by atoms with Crippen LogP contribution in [0.4, 0.5) is 27.8 Å². The Kier molecular flexibility index (Phi) is 2.98. The van der Waals surface area contributed by atoms with Crippen LogP contribution in [0.1, 0.15) is 23.1 Å². The van der Waals surface area contributed by atoms with Crippen LogP contribution in [0.3, 0.4) is 0 Å². The molecule has 1 aromatic heterocycles. The van der Waals surface area contributed by atoms with Crippen LogP contribution in [0, 0.1) is 11.3 Å². The van der Waals surface area contributed by atoms with Crippen molar-refractivity contribution in [1.29, 1.82) is 5.26 Å². The largest absolute Gasteiger partial charge is 0.418 e. The minimum atomic E-state index is -5.08. The first kappa shape index (κ1) is 12.2. The van der Waals surface area contributed by atoms with Crippen molar-refractivity contribution in [2.75, 3.05) is 5.73 Å². The molecule has 0 radical (unpaired) electrons. The van der Waals surface area contributed by atoms with Gasteiger partial charge in [-0.1, -0.05) is 0 Å². The first-order chi connectivity index (χ1) is 7.29. The molecule has 1 heterocycles. The number of rotatable bonds is 1. The second kappa shape index (κ2) is 3.92. The van der Waals surface area contributed by atoms with Crippen molar-refractivity contribution in [1.82, 2.24) is 4.98 Å². The Labute approximate surface area is 86.3 Å². The van der Waals surface area contributed by atoms with Crippen LogP contribution in [-0.2, 0) is 6.18 Å². The summed E-state index contributed by atoms with van der Waals surface area (Å²) in [6.07, 6.45) is -8.00. The Bertz CT molecular complexity index is 446. The summed E-state index contributed by atoms with van der Waals surface area (Å²) in [5, 5.41) is 8.40. The first-order valence-corrected chi connectivity index (χ1v) is 3.82. The van der Waals surface area contributed by atoms with Crippen LogP contribution in [0.15, 0.2) is 6.20 Å². The van der Waals surface area contributed by atoms with Gasteiger partial charge in [-0.25, -0.2) is 13.8 Å². The number of alkyl halides is 5. The number of nitrogens with zero attached hydrogens (tertiary/aromatic N) is 2. The lowest BCUT2D eigenvalue weighted by atomic mass is 10.0. The van der Waals surface area contributed by atoms with E-state index < -0.39 is 35.1 Å². The van der Waals surface area contributed by atoms with E-state index in [0.717, 1.165) is 6.07 Å². The Hall–Kier alpha value is -1.91. The van der Waals surface area contributed by atoms with Gasteiger partial charge in [0.05, 0.1) is 16.7 Å². The predicted octanol–water partition coefficient (Wildman–Crippen LogP) is 2.49. The predicted molar refractivity (Wildman–Crippen MR) is 43.3 cm³/mol. The van der Waals surface area contributed by atoms with Gasteiger partial charge in [-0.05, 0) is 0 Å². The number of pyridine rings is 1. The van der Waals surface area contributed by atoms with Gasteiger partial charge in [0.2, 0.25) is 0 Å². The molecule has 3 nitrogen and oxygen atoms in total. The summed E-state index contributed by atoms with van der Waals surface area (Å²) >= 11 is 0. The van der Waals surface area contributed by atoms with Gasteiger partial charge in [-0.2, -0.15) is 18.4 Å². The van der Waals surface area contributed by atoms with Crippen LogP contribution in [0.5, 0.6) is 0 Å². The quantitative estimate of drug-likeness (QED) is 0.763. The number of halogens is 5. The monoisotopic (exact) mass is 237 g/mol. The molecule has 0 aliphatic heterocycles. The fourth-order valence-electron chi connectivity index (χ4n) is 1.15. The third kappa shape index (κ3) is 2.03. The summed E-state index contributed by atoms with van der Waals surface area (Å²) < 4.78 is 62.2. The van der Waals surface area contributed by atoms with Crippen molar-refractivity contribution in [3.63, 3.8) is 0 Å². The van der Waals surface area contributed by atoms with Gasteiger partial charge in [0, 0.05) is 6.20 Å². The topological polar surface area (TPSA) is 62.7 Å². The molecule has 0 atom stereocenters. The molecule has 0 bridgehead atoms. The summed E-state index contributed by atoms with van der Waals surface area (Å²) in [4.78, 5) is 3.12. The molecule has 86 valence electrons. The van der Waals surface area contributed by atoms with Crippen LogP contribution < -0.4 is 5.73 Å². The fourth-order valence-corrected chi connectivity index (χ4v) is 1.15. The lowest BCUT2D eigenvalue weighted by molar-refractivity contribution is -0.139. The highest BCUT2D eigenvalue weighted by Crippen LogP contribution is 2.40. The molecule has 16 heavy (non-hydrogen) atoms. The van der Waals surface area contributed by atoms with Gasteiger partial charge < -0.3 is 5.73 Å². The van der Waals surface area contributed by atoms with E-state index in [9.17, 15) is 22.0 Å². The van der Waals surface area contributed by atoms with Gasteiger partial charge in [0.1, 0.15) is 11.9 Å². The van der Waals surface area contributed by atoms with E-state index in [2.05, 4.69) is 4.98 Å². The van der Waals surface area contributed by atoms with Gasteiger partial charge in [-0.3, -0.25) is 0 Å². The highest BCUT2D eigenvalue weighted by atomic mass is 19.4. The van der Waals surface area contributed by atoms with Crippen molar-refractivity contribution < 1.29 is 22.0 Å². The average Bonchev–Trinajstić information content (AvgIpc) is 2.15. The molecule has 0 aliphatic carbocycles. The lowest BCUT2D eigenvalue weighted by Crippen LogP contribution is -2.15. The molecule has 1 aromatic rings. The van der Waals surface area contributed by atoms with Crippen LogP contribution in [-0.4, -0.2) is 4.98 Å². The van der Waals surface area contributed by atoms with E-state index in [4.69, 9.17) is 11.0 Å². The molecule has 0 fully saturated rings. The lowest BCUT2D eigenvalue weighted by Gasteiger charge is -2.14. The molecule has 1 rings (SSSR count). The zero-order chi connectivity index (χ0) is 12.5. The van der Waals surface area contributed by atoms with E-state index >= 15 is 0 Å². The summed E-state index contributed by atoms with van der Waals surface area (Å²) in [5.41, 5.74) is 0.790. The normalized spacial score (nSPS) is 11.6. The maximum atomic E-state index is 12.5. The van der Waals surface area contributed by atoms with Gasteiger partial charge >= 0.3 is 6.18 Å². The van der Waals surface area contributed by atoms with Crippen molar-refractivity contribution in [3.05, 3.63) is 22.9 Å². The maximum absolute atomic E-state index is 12.5. The standard InChI is InChI=1S/C8H4F5N3/c9-6(10)4-5(8(11,12)13)3(1-14)2-16-7(4)15/h2,6H,(H2,15,16). The van der Waals surface area contributed by atoms with E-state index in [-0.39, 0.29) is 0 Å². The molecule has 0 spiro atoms. The molecule has 8 heteroatoms. The zero-order valence-electron chi connectivity index (χ0n) is 7.52. The molecule has 0 aromatic carbocycles. The van der Waals surface area contributed by atoms with E-state index in [1.54, 1.807) is 0 Å². The molecule has 2 N–H and O–H groups in total. The van der Waals surface area contributed by atoms with E-state index in [0.29, 0.717) is 6.20 Å². The van der Waals surface area contributed by atoms with E-state index in [1.807, 2.05) is 0 Å². The van der Waals surface area contributed by atoms with Crippen molar-refractivity contribution >= 4 is 5.82 Å². The highest BCUT2D eigenvalue weighted by Gasteiger charge is 2.40. The summed E-state index contributed by atoms with van der Waals surface area (Å²) in [5.74, 6) is -0.929. The summed E-state index contributed by atoms with van der Waals surface area (Å²) in [7, 11) is 0. The minimum Gasteiger partial charge on any atom is -0.383 e. The molecule has 0 aliphatic rings. The smallest absolute Gasteiger partial charge is 0.383 e. The number of hydrogen-bond acceptors (Lipinski definition) is 3. The number of aromatic nitrogens is 1. The number of nitrogens with two attached hydrogens (primary N) is 1. The van der Waals surface area contributed by atoms with Crippen LogP contribution in [0.25, 0.3) is 0 Å². The Morgan fingerprint density at radius 2 is 1.94 bits per heavy atom. The third-order valence-electron chi connectivity index (χ3n) is 1.77. The summed E-state index contributed by atoms with van der Waals surface area (Å²) in [6, 6.07) is 1.15. The number of anilines is 1. The Balaban J connectivity index is 3.64. The van der Waals surface area contributed by atoms with Gasteiger partial charge in [0.25, 0.3) is 6.43 Å². The molecule has 0 unspecified atom stereocenters. The third-order valence-corrected chi connectivity index (χ3v) is 1.77. The minimum absolute atomic E-state index is 0.518. The Morgan fingerprint density at radius 3 is 2.31 bits per heavy atom. The second-order valence-corrected chi connectivity index (χ2v) is 2.76. The molecule has 0 saturated heterocycles. The average molecular weight is 237 g/mol.